The van der Waals surface area contributed by atoms with Crippen molar-refractivity contribution in [3.63, 3.8) is 0 Å². The number of epoxide rings is 1. The summed E-state index contributed by atoms with van der Waals surface area (Å²) in [6.07, 6.45) is 14.6. The minimum atomic E-state index is -0.493. The van der Waals surface area contributed by atoms with Crippen LogP contribution in [0.2, 0.25) is 0 Å². The lowest BCUT2D eigenvalue weighted by Gasteiger charge is -2.34. The summed E-state index contributed by atoms with van der Waals surface area (Å²) >= 11 is 13.6. The molecule has 20 heteroatoms. The zero-order valence-electron chi connectivity index (χ0n) is 41.4. The van der Waals surface area contributed by atoms with Crippen molar-refractivity contribution in [3.8, 4) is 0 Å². The number of hydrogen-bond acceptors (Lipinski definition) is 11. The number of nitrogens with two attached hydrogens (primary N) is 1. The molecule has 3 amide bonds. The van der Waals surface area contributed by atoms with Gasteiger partial charge in [0, 0.05) is 115 Å². The lowest BCUT2D eigenvalue weighted by Crippen LogP contribution is -2.46. The highest BCUT2D eigenvalue weighted by atomic mass is 79.9. The van der Waals surface area contributed by atoms with Gasteiger partial charge in [0.25, 0.3) is 0 Å². The average molecular weight is 1290 g/mol. The fourth-order valence-electron chi connectivity index (χ4n) is 8.13. The number of carbonyl (C=O) groups excluding carboxylic acids is 3. The number of piperidine rings is 1. The van der Waals surface area contributed by atoms with Gasteiger partial charge in [-0.1, -0.05) is 120 Å². The van der Waals surface area contributed by atoms with Crippen molar-refractivity contribution >= 4 is 83.0 Å². The number of likely N-dealkylation sites (tertiary alicyclic amines) is 1. The monoisotopic (exact) mass is 1280 g/mol. The molecule has 0 bridgehead atoms. The first-order chi connectivity index (χ1) is 36.0. The number of halogens is 4. The summed E-state index contributed by atoms with van der Waals surface area (Å²) in [5.41, 5.74) is 10.4. The van der Waals surface area contributed by atoms with Crippen molar-refractivity contribution in [2.24, 2.45) is 11.7 Å². The van der Waals surface area contributed by atoms with Crippen LogP contribution in [0.4, 0.5) is 0 Å². The van der Waals surface area contributed by atoms with E-state index in [-0.39, 0.29) is 7.43 Å². The summed E-state index contributed by atoms with van der Waals surface area (Å²) in [7, 11) is 0. The van der Waals surface area contributed by atoms with Crippen LogP contribution in [0.25, 0.3) is 0 Å². The molecule has 1 unspecified atom stereocenters. The number of β-amino-alcohol motifs (C(OH)–C–C–N with tert-alkyl or cyclic N) is 1. The largest absolute Gasteiger partial charge is 0.387 e. The summed E-state index contributed by atoms with van der Waals surface area (Å²) in [6.45, 7) is 11.2. The molecule has 75 heavy (non-hydrogen) atoms. The van der Waals surface area contributed by atoms with E-state index in [1.54, 1.807) is 41.0 Å². The second-order valence-electron chi connectivity index (χ2n) is 17.7. The summed E-state index contributed by atoms with van der Waals surface area (Å²) in [6, 6.07) is 32.1. The molecule has 4 atom stereocenters. The molecule has 0 aliphatic carbocycles. The topological polar surface area (TPSA) is 202 Å². The van der Waals surface area contributed by atoms with Gasteiger partial charge in [0.1, 0.15) is 6.10 Å². The molecule has 6 aromatic rings. The van der Waals surface area contributed by atoms with E-state index in [2.05, 4.69) is 125 Å². The predicted octanol–water partition coefficient (Wildman–Crippen LogP) is 8.61. The maximum absolute atomic E-state index is 10.7. The number of imidazole rings is 2. The van der Waals surface area contributed by atoms with Gasteiger partial charge in [-0.15, -0.1) is 0 Å². The molecule has 4 aliphatic rings. The summed E-state index contributed by atoms with van der Waals surface area (Å²) in [5.74, 6) is 0.999. The van der Waals surface area contributed by atoms with Gasteiger partial charge in [-0.3, -0.25) is 19.3 Å². The molecule has 4 aliphatic heterocycles. The molecule has 0 saturated carbocycles. The highest BCUT2D eigenvalue weighted by molar-refractivity contribution is 9.11. The van der Waals surface area contributed by atoms with E-state index in [1.807, 2.05) is 76.3 Å². The number of nitrogens with one attached hydrogen (secondary N) is 2. The van der Waals surface area contributed by atoms with E-state index in [4.69, 9.17) is 10.5 Å². The van der Waals surface area contributed by atoms with Crippen molar-refractivity contribution in [3.05, 3.63) is 175 Å². The van der Waals surface area contributed by atoms with Gasteiger partial charge in [0.05, 0.1) is 38.0 Å². The number of aliphatic hydroxyl groups excluding tert-OH is 2. The van der Waals surface area contributed by atoms with Crippen LogP contribution < -0.4 is 11.1 Å². The molecule has 4 saturated heterocycles. The molecule has 2 aromatic heterocycles. The first-order valence-electron chi connectivity index (χ1n) is 24.6. The lowest BCUT2D eigenvalue weighted by molar-refractivity contribution is -0.120. The Balaban J connectivity index is 0.000000202. The van der Waals surface area contributed by atoms with Crippen molar-refractivity contribution in [1.29, 1.82) is 0 Å². The number of piperazine rings is 2. The number of rotatable bonds is 13. The summed E-state index contributed by atoms with van der Waals surface area (Å²) in [4.78, 5) is 49.3. The third kappa shape index (κ3) is 24.1. The Morgan fingerprint density at radius 2 is 1.09 bits per heavy atom. The number of carbonyl (C=O) groups is 3. The minimum absolute atomic E-state index is 0. The van der Waals surface area contributed by atoms with E-state index in [1.165, 1.54) is 11.1 Å². The Labute approximate surface area is 476 Å². The van der Waals surface area contributed by atoms with E-state index in [9.17, 15) is 24.6 Å². The highest BCUT2D eigenvalue weighted by Crippen LogP contribution is 2.33. The quantitative estimate of drug-likeness (QED) is 0.0548. The van der Waals surface area contributed by atoms with Crippen LogP contribution in [0.15, 0.2) is 152 Å². The first-order valence-corrected chi connectivity index (χ1v) is 27.7. The molecule has 0 radical (unpaired) electrons. The van der Waals surface area contributed by atoms with Gasteiger partial charge in [-0.2, -0.15) is 0 Å². The molecule has 4 aromatic carbocycles. The maximum Gasteiger partial charge on any atom is 0.209 e. The Hall–Kier alpha value is -4.61. The fourth-order valence-corrected chi connectivity index (χ4v) is 9.19. The number of benzene rings is 4. The van der Waals surface area contributed by atoms with E-state index < -0.39 is 12.2 Å². The zero-order chi connectivity index (χ0) is 52.9. The first kappa shape index (κ1) is 62.9. The number of ether oxygens (including phenoxy) is 1. The van der Waals surface area contributed by atoms with Gasteiger partial charge in [-0.05, 0) is 102 Å². The van der Waals surface area contributed by atoms with E-state index in [0.717, 1.165) is 133 Å². The third-order valence-electron chi connectivity index (χ3n) is 12.6. The fraction of sp³-hybridized carbons (Fsp3) is 0.400. The summed E-state index contributed by atoms with van der Waals surface area (Å²) in [5, 5.41) is 23.2. The summed E-state index contributed by atoms with van der Waals surface area (Å²) < 4.78 is 11.2. The Morgan fingerprint density at radius 3 is 1.49 bits per heavy atom. The molecule has 4 fully saturated rings. The standard InChI is InChI=1S/C14H19BrN2O.C13H17BrN2O2.C11H11BrN2O.C8H7BrO.C5H10N2O.C3H4N2.CH4/c15-13-3-1-11(2-4-13)14(9-16)12-5-7-17(10-18)8-6-12;14-12-3-1-11(2-4-12)13(18)9-15-5-7-16(10-17)8-6-15;12-10-3-1-9(2-4-10)11(15)7-14-6-5-13-8-14;9-7-3-1-6(2-4-7)8-5-10-8;8-5-7-3-1-6-2-4-7;1-2-5-3-4-1;/h1-4,10,12,14H,5-9,16H2;1-4,10,13,18H,5-9H2;1-6,8,11,15H,7H2;1-4,8H,5H2;5-6H,1-4H2;1-3H,(H,4,5);1H4/t14-;13-;11-;;;;/m011..../s1. The normalized spacial score (nSPS) is 17.3. The molecule has 0 spiro atoms. The van der Waals surface area contributed by atoms with Gasteiger partial charge < -0.3 is 50.3 Å². The molecule has 6 N–H and O–H groups in total. The molecule has 6 heterocycles. The maximum atomic E-state index is 10.7. The molecule has 16 nitrogen and oxygen atoms in total. The predicted molar refractivity (Wildman–Crippen MR) is 309 cm³/mol. The van der Waals surface area contributed by atoms with Crippen molar-refractivity contribution in [2.75, 3.05) is 85.1 Å². The Morgan fingerprint density at radius 1 is 0.627 bits per heavy atom. The van der Waals surface area contributed by atoms with Gasteiger partial charge in [-0.25, -0.2) is 9.97 Å². The number of nitrogens with zero attached hydrogens (tertiary/aromatic N) is 7. The van der Waals surface area contributed by atoms with Crippen LogP contribution in [0.1, 0.15) is 66.8 Å². The van der Waals surface area contributed by atoms with Crippen LogP contribution in [0.5, 0.6) is 0 Å². The number of amides is 3. The average Bonchev–Trinajstić information content (AvgIpc) is 3.81. The van der Waals surface area contributed by atoms with Crippen LogP contribution in [0.3, 0.4) is 0 Å². The number of aliphatic hydroxyl groups is 2. The Bertz CT molecular complexity index is 2380. The van der Waals surface area contributed by atoms with Gasteiger partial charge in [0.15, 0.2) is 0 Å². The SMILES string of the molecule is Brc1ccc(C2CO2)cc1.C.NC[C@@H](c1ccc(Br)cc1)C1CCN(C=O)CC1.O=CN1CCN(C[C@@H](O)c2ccc(Br)cc2)CC1.O=CN1CCNCC1.O[C@H](Cn1ccnc1)c1ccc(Br)cc1.c1c[nH]cn1. The van der Waals surface area contributed by atoms with Crippen LogP contribution in [-0.4, -0.2) is 154 Å². The number of hydrogen-bond donors (Lipinski definition) is 5. The molecular weight excluding hydrogens is 1220 g/mol. The van der Waals surface area contributed by atoms with Crippen LogP contribution in [-0.2, 0) is 25.7 Å². The highest BCUT2D eigenvalue weighted by Gasteiger charge is 2.27. The van der Waals surface area contributed by atoms with Crippen LogP contribution >= 0.6 is 63.7 Å². The number of H-pyrrole nitrogens is 1. The van der Waals surface area contributed by atoms with Crippen molar-refractivity contribution < 1.29 is 29.3 Å². The second-order valence-corrected chi connectivity index (χ2v) is 21.4. The number of aromatic amines is 1. The van der Waals surface area contributed by atoms with Crippen molar-refractivity contribution in [2.45, 2.75) is 51.0 Å². The van der Waals surface area contributed by atoms with Crippen LogP contribution in [0, 0.1) is 5.92 Å². The third-order valence-corrected chi connectivity index (χ3v) is 14.7. The van der Waals surface area contributed by atoms with Gasteiger partial charge in [0.2, 0.25) is 19.2 Å². The lowest BCUT2D eigenvalue weighted by atomic mass is 9.80. The number of aromatic nitrogens is 4. The minimum Gasteiger partial charge on any atom is -0.387 e. The Kier molecular flexibility index (Phi) is 29.9. The van der Waals surface area contributed by atoms with Gasteiger partial charge >= 0.3 is 0 Å². The molecular formula is C55H72Br4N10O6. The zero-order valence-corrected chi connectivity index (χ0v) is 47.7. The molecule has 406 valence electrons. The van der Waals surface area contributed by atoms with Crippen molar-refractivity contribution in [1.82, 2.24) is 44.4 Å². The second kappa shape index (κ2) is 35.7. The molecule has 10 rings (SSSR count). The smallest absolute Gasteiger partial charge is 0.209 e. The van der Waals surface area contributed by atoms with E-state index in [0.29, 0.717) is 37.6 Å². The van der Waals surface area contributed by atoms with E-state index >= 15 is 0 Å².